The molecule has 0 fully saturated rings. The fourth-order valence-corrected chi connectivity index (χ4v) is 1.34. The predicted molar refractivity (Wildman–Crippen MR) is 54.4 cm³/mol. The van der Waals surface area contributed by atoms with Gasteiger partial charge in [0.15, 0.2) is 0 Å². The minimum atomic E-state index is -4.64. The molecule has 0 saturated carbocycles. The molecular formula is C8H15O7P. The molecule has 0 aromatic carbocycles. The summed E-state index contributed by atoms with van der Waals surface area (Å²) in [5, 5.41) is 8.75. The van der Waals surface area contributed by atoms with Crippen LogP contribution in [-0.4, -0.2) is 39.7 Å². The van der Waals surface area contributed by atoms with Gasteiger partial charge in [0.05, 0.1) is 6.61 Å². The van der Waals surface area contributed by atoms with Crippen LogP contribution in [0.5, 0.6) is 0 Å². The second-order valence-corrected chi connectivity index (χ2v) is 4.55. The molecule has 0 aliphatic rings. The van der Waals surface area contributed by atoms with Crippen LogP contribution in [0.3, 0.4) is 0 Å². The third-order valence-electron chi connectivity index (χ3n) is 1.69. The summed E-state index contributed by atoms with van der Waals surface area (Å²) in [6.07, 6.45) is 0.902. The molecule has 0 aromatic rings. The molecule has 0 rings (SSSR count). The van der Waals surface area contributed by atoms with E-state index in [0.717, 1.165) is 6.08 Å². The average molecular weight is 254 g/mol. The summed E-state index contributed by atoms with van der Waals surface area (Å²) < 4.78 is 19.6. The summed E-state index contributed by atoms with van der Waals surface area (Å²) in [6, 6.07) is 0. The van der Waals surface area contributed by atoms with Crippen molar-refractivity contribution in [2.45, 2.75) is 18.9 Å². The number of aliphatic hydroxyl groups is 1. The highest BCUT2D eigenvalue weighted by atomic mass is 31.2. The van der Waals surface area contributed by atoms with Crippen molar-refractivity contribution < 1.29 is 33.5 Å². The van der Waals surface area contributed by atoms with Gasteiger partial charge in [-0.1, -0.05) is 6.58 Å². The van der Waals surface area contributed by atoms with Crippen LogP contribution in [0.2, 0.25) is 0 Å². The van der Waals surface area contributed by atoms with Gasteiger partial charge in [0.2, 0.25) is 0 Å². The van der Waals surface area contributed by atoms with Crippen LogP contribution in [0.4, 0.5) is 0 Å². The third-order valence-corrected chi connectivity index (χ3v) is 2.16. The molecule has 0 saturated heterocycles. The van der Waals surface area contributed by atoms with Crippen molar-refractivity contribution in [1.82, 2.24) is 0 Å². The Morgan fingerprint density at radius 1 is 1.56 bits per heavy atom. The van der Waals surface area contributed by atoms with E-state index in [-0.39, 0.29) is 13.0 Å². The number of esters is 1. The SMILES string of the molecule is C=CC(=O)OC(C)(CCO)COP(=O)(O)O. The van der Waals surface area contributed by atoms with E-state index in [2.05, 4.69) is 11.1 Å². The molecule has 94 valence electrons. The lowest BCUT2D eigenvalue weighted by Crippen LogP contribution is -2.37. The highest BCUT2D eigenvalue weighted by molar-refractivity contribution is 7.46. The number of phosphoric acid groups is 1. The van der Waals surface area contributed by atoms with Gasteiger partial charge in [0.25, 0.3) is 0 Å². The first-order valence-electron chi connectivity index (χ1n) is 4.39. The van der Waals surface area contributed by atoms with Gasteiger partial charge in [0.1, 0.15) is 5.60 Å². The molecule has 0 spiro atoms. The Kier molecular flexibility index (Phi) is 5.85. The van der Waals surface area contributed by atoms with Crippen LogP contribution >= 0.6 is 7.82 Å². The van der Waals surface area contributed by atoms with Crippen LogP contribution in [-0.2, 0) is 18.6 Å². The Bertz CT molecular complexity index is 297. The minimum absolute atomic E-state index is 0.00736. The Morgan fingerprint density at radius 3 is 2.50 bits per heavy atom. The average Bonchev–Trinajstić information content (AvgIpc) is 2.14. The van der Waals surface area contributed by atoms with Crippen molar-refractivity contribution in [3.05, 3.63) is 12.7 Å². The lowest BCUT2D eigenvalue weighted by Gasteiger charge is -2.28. The summed E-state index contributed by atoms with van der Waals surface area (Å²) in [5.74, 6) is -0.759. The summed E-state index contributed by atoms with van der Waals surface area (Å²) in [5.41, 5.74) is -1.30. The lowest BCUT2D eigenvalue weighted by atomic mass is 10.0. The number of hydrogen-bond acceptors (Lipinski definition) is 5. The molecule has 3 N–H and O–H groups in total. The van der Waals surface area contributed by atoms with Gasteiger partial charge in [0, 0.05) is 19.1 Å². The molecule has 1 atom stereocenters. The standard InChI is InChI=1S/C8H15O7P/c1-3-7(10)15-8(2,4-5-9)6-14-16(11,12)13/h3,9H,1,4-6H2,2H3,(H2,11,12,13). The molecule has 0 bridgehead atoms. The second kappa shape index (κ2) is 6.12. The van der Waals surface area contributed by atoms with Crippen molar-refractivity contribution in [2.24, 2.45) is 0 Å². The van der Waals surface area contributed by atoms with E-state index in [1.807, 2.05) is 0 Å². The summed E-state index contributed by atoms with van der Waals surface area (Å²) in [6.45, 7) is 3.74. The van der Waals surface area contributed by atoms with Crippen molar-refractivity contribution in [3.8, 4) is 0 Å². The Labute approximate surface area is 92.9 Å². The van der Waals surface area contributed by atoms with E-state index in [0.29, 0.717) is 0 Å². The van der Waals surface area contributed by atoms with Gasteiger partial charge in [-0.15, -0.1) is 0 Å². The maximum Gasteiger partial charge on any atom is 0.469 e. The van der Waals surface area contributed by atoms with Crippen LogP contribution in [0, 0.1) is 0 Å². The van der Waals surface area contributed by atoms with Crippen LogP contribution < -0.4 is 0 Å². The number of ether oxygens (including phenoxy) is 1. The van der Waals surface area contributed by atoms with Gasteiger partial charge in [-0.05, 0) is 6.92 Å². The fourth-order valence-electron chi connectivity index (χ4n) is 0.894. The molecule has 7 nitrogen and oxygen atoms in total. The topological polar surface area (TPSA) is 113 Å². The zero-order chi connectivity index (χ0) is 12.8. The molecule has 0 radical (unpaired) electrons. The smallest absolute Gasteiger partial charge is 0.454 e. The second-order valence-electron chi connectivity index (χ2n) is 3.31. The van der Waals surface area contributed by atoms with E-state index in [1.165, 1.54) is 6.92 Å². The zero-order valence-corrected chi connectivity index (χ0v) is 9.72. The van der Waals surface area contributed by atoms with Crippen LogP contribution in [0.25, 0.3) is 0 Å². The normalized spacial score (nSPS) is 15.2. The predicted octanol–water partition coefficient (Wildman–Crippen LogP) is -0.0340. The van der Waals surface area contributed by atoms with Gasteiger partial charge >= 0.3 is 13.8 Å². The maximum atomic E-state index is 11.0. The van der Waals surface area contributed by atoms with Crippen molar-refractivity contribution >= 4 is 13.8 Å². The van der Waals surface area contributed by atoms with Crippen molar-refractivity contribution in [2.75, 3.05) is 13.2 Å². The molecule has 1 unspecified atom stereocenters. The zero-order valence-electron chi connectivity index (χ0n) is 8.83. The molecule has 8 heteroatoms. The van der Waals surface area contributed by atoms with E-state index in [4.69, 9.17) is 19.6 Å². The first-order chi connectivity index (χ1) is 7.22. The number of carbonyl (C=O) groups is 1. The largest absolute Gasteiger partial charge is 0.469 e. The molecule has 0 aliphatic heterocycles. The minimum Gasteiger partial charge on any atom is -0.454 e. The fraction of sp³-hybridized carbons (Fsp3) is 0.625. The number of hydrogen-bond donors (Lipinski definition) is 3. The Morgan fingerprint density at radius 2 is 2.12 bits per heavy atom. The summed E-state index contributed by atoms with van der Waals surface area (Å²) in [4.78, 5) is 28.0. The van der Waals surface area contributed by atoms with E-state index >= 15 is 0 Å². The molecule has 0 aromatic heterocycles. The third kappa shape index (κ3) is 6.71. The Hall–Kier alpha value is -0.720. The van der Waals surface area contributed by atoms with Gasteiger partial charge in [-0.25, -0.2) is 9.36 Å². The maximum absolute atomic E-state index is 11.0. The Balaban J connectivity index is 4.49. The van der Waals surface area contributed by atoms with Crippen molar-refractivity contribution in [3.63, 3.8) is 0 Å². The molecule has 0 amide bonds. The summed E-state index contributed by atoms with van der Waals surface area (Å²) in [7, 11) is -4.64. The number of rotatable bonds is 7. The summed E-state index contributed by atoms with van der Waals surface area (Å²) >= 11 is 0. The van der Waals surface area contributed by atoms with Gasteiger partial charge < -0.3 is 19.6 Å². The molecule has 0 aliphatic carbocycles. The van der Waals surface area contributed by atoms with Crippen LogP contribution in [0.1, 0.15) is 13.3 Å². The molecule has 0 heterocycles. The number of carbonyl (C=O) groups excluding carboxylic acids is 1. The molecule has 16 heavy (non-hydrogen) atoms. The van der Waals surface area contributed by atoms with Gasteiger partial charge in [-0.2, -0.15) is 0 Å². The lowest BCUT2D eigenvalue weighted by molar-refractivity contribution is -0.157. The van der Waals surface area contributed by atoms with Crippen LogP contribution in [0.15, 0.2) is 12.7 Å². The van der Waals surface area contributed by atoms with Crippen molar-refractivity contribution in [1.29, 1.82) is 0 Å². The first kappa shape index (κ1) is 15.3. The highest BCUT2D eigenvalue weighted by Gasteiger charge is 2.31. The van der Waals surface area contributed by atoms with E-state index < -0.39 is 26.0 Å². The van der Waals surface area contributed by atoms with E-state index in [1.54, 1.807) is 0 Å². The first-order valence-corrected chi connectivity index (χ1v) is 5.92. The number of phosphoric ester groups is 1. The highest BCUT2D eigenvalue weighted by Crippen LogP contribution is 2.37. The quantitative estimate of drug-likeness (QED) is 0.332. The number of aliphatic hydroxyl groups excluding tert-OH is 1. The monoisotopic (exact) mass is 254 g/mol. The molecular weight excluding hydrogens is 239 g/mol. The van der Waals surface area contributed by atoms with E-state index in [9.17, 15) is 9.36 Å². The van der Waals surface area contributed by atoms with Gasteiger partial charge in [-0.3, -0.25) is 4.52 Å².